The van der Waals surface area contributed by atoms with E-state index < -0.39 is 0 Å². The summed E-state index contributed by atoms with van der Waals surface area (Å²) in [5.41, 5.74) is 5.68. The van der Waals surface area contributed by atoms with E-state index in [1.165, 1.54) is 0 Å². The Balaban J connectivity index is 2.38. The molecule has 0 unspecified atom stereocenters. The molecule has 106 valence electrons. The third-order valence-electron chi connectivity index (χ3n) is 3.78. The number of aromatic nitrogens is 1. The van der Waals surface area contributed by atoms with Crippen molar-refractivity contribution in [2.24, 2.45) is 0 Å². The van der Waals surface area contributed by atoms with Crippen LogP contribution in [-0.2, 0) is 0 Å². The van der Waals surface area contributed by atoms with Crippen molar-refractivity contribution in [2.75, 3.05) is 7.11 Å². The highest BCUT2D eigenvalue weighted by molar-refractivity contribution is 6.06. The number of ether oxygens (including phenoxy) is 1. The fourth-order valence-corrected chi connectivity index (χ4v) is 2.86. The first kappa shape index (κ1) is 13.4. The number of hydrogen-bond acceptors (Lipinski definition) is 2. The molecule has 3 aromatic rings. The van der Waals surface area contributed by atoms with Crippen molar-refractivity contribution in [1.29, 1.82) is 0 Å². The number of carbonyl (C=O) groups excluding carboxylic acids is 1. The van der Waals surface area contributed by atoms with Crippen LogP contribution in [0.15, 0.2) is 36.4 Å². The van der Waals surface area contributed by atoms with E-state index in [1.54, 1.807) is 7.11 Å². The predicted octanol–water partition coefficient (Wildman–Crippen LogP) is 4.27. The molecule has 1 aromatic heterocycles. The molecule has 3 heteroatoms. The van der Waals surface area contributed by atoms with Gasteiger partial charge in [-0.15, -0.1) is 0 Å². The lowest BCUT2D eigenvalue weighted by Gasteiger charge is -2.07. The maximum Gasteiger partial charge on any atom is 0.152 e. The number of para-hydroxylation sites is 1. The molecule has 0 aliphatic carbocycles. The van der Waals surface area contributed by atoms with Gasteiger partial charge in [-0.3, -0.25) is 4.79 Å². The van der Waals surface area contributed by atoms with Crippen LogP contribution >= 0.6 is 0 Å². The molecule has 0 amide bonds. The molecule has 0 spiro atoms. The summed E-state index contributed by atoms with van der Waals surface area (Å²) in [6.07, 6.45) is 0.916. The molecule has 1 heterocycles. The van der Waals surface area contributed by atoms with Crippen LogP contribution in [0.3, 0.4) is 0 Å². The van der Waals surface area contributed by atoms with E-state index in [-0.39, 0.29) is 0 Å². The molecular formula is C18H17NO2. The lowest BCUT2D eigenvalue weighted by atomic mass is 10.0. The monoisotopic (exact) mass is 279 g/mol. The minimum absolute atomic E-state index is 0.682. The average molecular weight is 279 g/mol. The first-order valence-corrected chi connectivity index (χ1v) is 6.87. The number of nitrogens with one attached hydrogen (secondary N) is 1. The van der Waals surface area contributed by atoms with Gasteiger partial charge in [0.15, 0.2) is 6.29 Å². The number of aldehydes is 1. The number of rotatable bonds is 3. The molecule has 0 aliphatic heterocycles. The third-order valence-corrected chi connectivity index (χ3v) is 3.78. The van der Waals surface area contributed by atoms with Crippen LogP contribution in [0.5, 0.6) is 5.75 Å². The number of benzene rings is 2. The first-order chi connectivity index (χ1) is 10.2. The first-order valence-electron chi connectivity index (χ1n) is 6.87. The Kier molecular flexibility index (Phi) is 3.26. The van der Waals surface area contributed by atoms with E-state index in [0.717, 1.165) is 45.3 Å². The molecule has 0 aliphatic rings. The fraction of sp³-hybridized carbons (Fsp3) is 0.167. The lowest BCUT2D eigenvalue weighted by molar-refractivity contribution is 0.112. The zero-order valence-electron chi connectivity index (χ0n) is 12.4. The van der Waals surface area contributed by atoms with Gasteiger partial charge < -0.3 is 9.72 Å². The molecule has 0 saturated carbocycles. The molecule has 3 rings (SSSR count). The lowest BCUT2D eigenvalue weighted by Crippen LogP contribution is -1.90. The Hall–Kier alpha value is -2.55. The van der Waals surface area contributed by atoms with Gasteiger partial charge in [-0.1, -0.05) is 23.8 Å². The zero-order chi connectivity index (χ0) is 15.0. The van der Waals surface area contributed by atoms with E-state index in [9.17, 15) is 4.79 Å². The topological polar surface area (TPSA) is 42.1 Å². The summed E-state index contributed by atoms with van der Waals surface area (Å²) in [6.45, 7) is 4.09. The van der Waals surface area contributed by atoms with Gasteiger partial charge in [0.05, 0.1) is 12.8 Å². The smallest absolute Gasteiger partial charge is 0.152 e. The van der Waals surface area contributed by atoms with E-state index in [0.29, 0.717) is 5.56 Å². The molecule has 0 bridgehead atoms. The molecule has 1 N–H and O–H groups in total. The summed E-state index contributed by atoms with van der Waals surface area (Å²) < 4.78 is 5.41. The van der Waals surface area contributed by atoms with Crippen LogP contribution in [0.1, 0.15) is 21.5 Å². The van der Waals surface area contributed by atoms with E-state index in [4.69, 9.17) is 4.74 Å². The summed E-state index contributed by atoms with van der Waals surface area (Å²) in [7, 11) is 1.64. The molecule has 0 radical (unpaired) electrons. The van der Waals surface area contributed by atoms with Crippen LogP contribution in [0.25, 0.3) is 22.2 Å². The van der Waals surface area contributed by atoms with Crippen molar-refractivity contribution in [3.8, 4) is 17.0 Å². The Morgan fingerprint density at radius 2 is 1.90 bits per heavy atom. The van der Waals surface area contributed by atoms with Crippen molar-refractivity contribution in [2.45, 2.75) is 13.8 Å². The number of hydrogen-bond donors (Lipinski definition) is 1. The minimum Gasteiger partial charge on any atom is -0.496 e. The standard InChI is InChI=1S/C18H17NO2/c1-11-8-12(2)17-14(9-11)15(10-20)18(19-17)13-6-4-5-7-16(13)21-3/h4-10,19H,1-3H3. The Labute approximate surface area is 123 Å². The highest BCUT2D eigenvalue weighted by Crippen LogP contribution is 2.35. The second-order valence-corrected chi connectivity index (χ2v) is 5.24. The third kappa shape index (κ3) is 2.11. The number of carbonyl (C=O) groups is 1. The van der Waals surface area contributed by atoms with E-state index >= 15 is 0 Å². The number of aryl methyl sites for hydroxylation is 2. The molecular weight excluding hydrogens is 262 g/mol. The van der Waals surface area contributed by atoms with Crippen molar-refractivity contribution < 1.29 is 9.53 Å². The highest BCUT2D eigenvalue weighted by atomic mass is 16.5. The zero-order valence-corrected chi connectivity index (χ0v) is 12.4. The van der Waals surface area contributed by atoms with Gasteiger partial charge in [0, 0.05) is 22.0 Å². The number of methoxy groups -OCH3 is 1. The number of fused-ring (bicyclic) bond motifs is 1. The molecule has 0 saturated heterocycles. The Bertz CT molecular complexity index is 831. The van der Waals surface area contributed by atoms with E-state index in [1.807, 2.05) is 44.2 Å². The molecule has 0 atom stereocenters. The second-order valence-electron chi connectivity index (χ2n) is 5.24. The second kappa shape index (κ2) is 5.09. The normalized spacial score (nSPS) is 10.8. The quantitative estimate of drug-likeness (QED) is 0.727. The van der Waals surface area contributed by atoms with E-state index in [2.05, 4.69) is 11.1 Å². The minimum atomic E-state index is 0.682. The Morgan fingerprint density at radius 3 is 2.62 bits per heavy atom. The van der Waals surface area contributed by atoms with Gasteiger partial charge in [-0.2, -0.15) is 0 Å². The van der Waals surface area contributed by atoms with Crippen molar-refractivity contribution in [3.63, 3.8) is 0 Å². The summed E-state index contributed by atoms with van der Waals surface area (Å²) >= 11 is 0. The van der Waals surface area contributed by atoms with Crippen LogP contribution in [-0.4, -0.2) is 18.4 Å². The van der Waals surface area contributed by atoms with Crippen molar-refractivity contribution >= 4 is 17.2 Å². The predicted molar refractivity (Wildman–Crippen MR) is 85.1 cm³/mol. The number of H-pyrrole nitrogens is 1. The highest BCUT2D eigenvalue weighted by Gasteiger charge is 2.16. The van der Waals surface area contributed by atoms with Crippen LogP contribution in [0, 0.1) is 13.8 Å². The summed E-state index contributed by atoms with van der Waals surface area (Å²) in [6, 6.07) is 11.9. The SMILES string of the molecule is COc1ccccc1-c1[nH]c2c(C)cc(C)cc2c1C=O. The van der Waals surface area contributed by atoms with Crippen LogP contribution in [0.4, 0.5) is 0 Å². The van der Waals surface area contributed by atoms with Gasteiger partial charge in [0.1, 0.15) is 5.75 Å². The van der Waals surface area contributed by atoms with Crippen LogP contribution < -0.4 is 4.74 Å². The maximum absolute atomic E-state index is 11.6. The molecule has 3 nitrogen and oxygen atoms in total. The summed E-state index contributed by atoms with van der Waals surface area (Å²) in [4.78, 5) is 15.0. The summed E-state index contributed by atoms with van der Waals surface area (Å²) in [5.74, 6) is 0.751. The summed E-state index contributed by atoms with van der Waals surface area (Å²) in [5, 5.41) is 0.961. The van der Waals surface area contributed by atoms with Gasteiger partial charge >= 0.3 is 0 Å². The fourth-order valence-electron chi connectivity index (χ4n) is 2.86. The van der Waals surface area contributed by atoms with Gasteiger partial charge in [0.25, 0.3) is 0 Å². The van der Waals surface area contributed by atoms with Crippen molar-refractivity contribution in [1.82, 2.24) is 4.98 Å². The average Bonchev–Trinajstić information content (AvgIpc) is 2.85. The molecule has 2 aromatic carbocycles. The molecule has 0 fully saturated rings. The Morgan fingerprint density at radius 1 is 1.14 bits per heavy atom. The molecule has 21 heavy (non-hydrogen) atoms. The van der Waals surface area contributed by atoms with Crippen molar-refractivity contribution in [3.05, 3.63) is 53.1 Å². The largest absolute Gasteiger partial charge is 0.496 e. The van der Waals surface area contributed by atoms with Gasteiger partial charge in [-0.25, -0.2) is 0 Å². The maximum atomic E-state index is 11.6. The number of aromatic amines is 1. The van der Waals surface area contributed by atoms with Gasteiger partial charge in [0.2, 0.25) is 0 Å². The van der Waals surface area contributed by atoms with Crippen LogP contribution in [0.2, 0.25) is 0 Å². The van der Waals surface area contributed by atoms with Gasteiger partial charge in [-0.05, 0) is 37.6 Å².